The molecule has 2 atom stereocenters. The van der Waals surface area contributed by atoms with Crippen molar-refractivity contribution in [1.29, 1.82) is 0 Å². The highest BCUT2D eigenvalue weighted by molar-refractivity contribution is 7.16. The van der Waals surface area contributed by atoms with E-state index in [2.05, 4.69) is 4.98 Å². The van der Waals surface area contributed by atoms with Gasteiger partial charge in [-0.05, 0) is 20.8 Å². The van der Waals surface area contributed by atoms with Crippen LogP contribution in [0.4, 0.5) is 0 Å². The maximum absolute atomic E-state index is 6.06. The molecule has 2 rings (SSSR count). The number of nitrogens with zero attached hydrogens (tertiary/aromatic N) is 1. The van der Waals surface area contributed by atoms with Crippen molar-refractivity contribution in [1.82, 2.24) is 4.98 Å². The summed E-state index contributed by atoms with van der Waals surface area (Å²) in [5.74, 6) is -0.660. The fourth-order valence-corrected chi connectivity index (χ4v) is 3.38. The van der Waals surface area contributed by atoms with Crippen LogP contribution >= 0.6 is 34.5 Å². The molecule has 1 saturated heterocycles. The van der Waals surface area contributed by atoms with Crippen molar-refractivity contribution in [2.24, 2.45) is 0 Å². The van der Waals surface area contributed by atoms with E-state index < -0.39 is 5.79 Å². The van der Waals surface area contributed by atoms with Gasteiger partial charge in [-0.1, -0.05) is 23.2 Å². The maximum Gasteiger partial charge on any atom is 0.185 e. The van der Waals surface area contributed by atoms with Crippen LogP contribution in [0.2, 0.25) is 9.62 Å². The highest BCUT2D eigenvalue weighted by Crippen LogP contribution is 2.43. The predicted octanol–water partition coefficient (Wildman–Crippen LogP) is 3.68. The smallest absolute Gasteiger partial charge is 0.185 e. The van der Waals surface area contributed by atoms with Gasteiger partial charge in [0, 0.05) is 6.61 Å². The molecular weight excluding hydrogens is 297 g/mol. The lowest BCUT2D eigenvalue weighted by Crippen LogP contribution is -2.24. The first-order chi connectivity index (χ1) is 8.43. The molecule has 1 aliphatic rings. The number of hydrogen-bond donors (Lipinski definition) is 0. The Hall–Kier alpha value is 0.0900. The third-order valence-corrected chi connectivity index (χ3v) is 4.13. The lowest BCUT2D eigenvalue weighted by molar-refractivity contribution is -0.150. The minimum atomic E-state index is -0.660. The van der Waals surface area contributed by atoms with Gasteiger partial charge in [0.2, 0.25) is 0 Å². The summed E-state index contributed by atoms with van der Waals surface area (Å²) in [5, 5.41) is 0.373. The molecule has 0 aromatic carbocycles. The van der Waals surface area contributed by atoms with Crippen LogP contribution in [0.5, 0.6) is 0 Å². The van der Waals surface area contributed by atoms with E-state index >= 15 is 0 Å². The van der Waals surface area contributed by atoms with Gasteiger partial charge in [-0.2, -0.15) is 0 Å². The van der Waals surface area contributed by atoms with Crippen LogP contribution in [0.3, 0.4) is 0 Å². The average Bonchev–Trinajstić information content (AvgIpc) is 2.75. The minimum absolute atomic E-state index is 0.200. The fourth-order valence-electron chi connectivity index (χ4n) is 1.88. The van der Waals surface area contributed by atoms with Crippen LogP contribution in [-0.4, -0.2) is 30.1 Å². The number of aromatic nitrogens is 1. The molecule has 18 heavy (non-hydrogen) atoms. The molecule has 0 aliphatic carbocycles. The number of rotatable bonds is 4. The Morgan fingerprint density at radius 3 is 2.67 bits per heavy atom. The molecule has 0 N–H and O–H groups in total. The Bertz CT molecular complexity index is 424. The Labute approximate surface area is 120 Å². The monoisotopic (exact) mass is 311 g/mol. The van der Waals surface area contributed by atoms with Gasteiger partial charge in [-0.15, -0.1) is 11.3 Å². The van der Waals surface area contributed by atoms with Gasteiger partial charge in [0.1, 0.15) is 17.4 Å². The van der Waals surface area contributed by atoms with Crippen molar-refractivity contribution in [3.63, 3.8) is 0 Å². The third kappa shape index (κ3) is 3.15. The summed E-state index contributed by atoms with van der Waals surface area (Å²) in [6.07, 6.45) is -0.488. The topological polar surface area (TPSA) is 40.6 Å². The summed E-state index contributed by atoms with van der Waals surface area (Å²) in [4.78, 5) is 4.78. The van der Waals surface area contributed by atoms with E-state index in [1.165, 1.54) is 11.3 Å². The zero-order valence-electron chi connectivity index (χ0n) is 10.4. The highest BCUT2D eigenvalue weighted by Gasteiger charge is 2.44. The molecule has 1 aromatic rings. The number of hydrogen-bond acceptors (Lipinski definition) is 5. The predicted molar refractivity (Wildman–Crippen MR) is 71.4 cm³/mol. The molecular formula is C11H15Cl2NO3S. The molecule has 1 aliphatic heterocycles. The molecule has 102 valence electrons. The first kappa shape index (κ1) is 14.5. The lowest BCUT2D eigenvalue weighted by Gasteiger charge is -2.16. The van der Waals surface area contributed by atoms with Crippen molar-refractivity contribution >= 4 is 34.5 Å². The van der Waals surface area contributed by atoms with Gasteiger partial charge in [0.25, 0.3) is 0 Å². The second-order valence-electron chi connectivity index (χ2n) is 4.38. The molecule has 2 heterocycles. The summed E-state index contributed by atoms with van der Waals surface area (Å²) in [7, 11) is 0. The molecule has 0 saturated carbocycles. The minimum Gasteiger partial charge on any atom is -0.379 e. The first-order valence-electron chi connectivity index (χ1n) is 5.68. The van der Waals surface area contributed by atoms with Gasteiger partial charge in [-0.3, -0.25) is 0 Å². The molecule has 0 spiro atoms. The zero-order chi connectivity index (χ0) is 13.3. The van der Waals surface area contributed by atoms with E-state index in [4.69, 9.17) is 37.4 Å². The number of thiazole rings is 1. The van der Waals surface area contributed by atoms with Crippen molar-refractivity contribution in [2.45, 2.75) is 38.8 Å². The van der Waals surface area contributed by atoms with Crippen LogP contribution in [0, 0.1) is 0 Å². The molecule has 0 unspecified atom stereocenters. The van der Waals surface area contributed by atoms with Crippen LogP contribution in [0.25, 0.3) is 0 Å². The average molecular weight is 312 g/mol. The first-order valence-corrected chi connectivity index (χ1v) is 7.25. The van der Waals surface area contributed by atoms with E-state index in [-0.39, 0.29) is 12.2 Å². The highest BCUT2D eigenvalue weighted by atomic mass is 35.5. The third-order valence-electron chi connectivity index (χ3n) is 2.51. The summed E-state index contributed by atoms with van der Waals surface area (Å²) >= 11 is 13.2. The molecule has 0 radical (unpaired) electrons. The van der Waals surface area contributed by atoms with Gasteiger partial charge in [-0.25, -0.2) is 4.98 Å². The van der Waals surface area contributed by atoms with Gasteiger partial charge in [0.15, 0.2) is 10.3 Å². The molecule has 4 nitrogen and oxygen atoms in total. The van der Waals surface area contributed by atoms with E-state index in [1.807, 2.05) is 20.8 Å². The Morgan fingerprint density at radius 2 is 2.11 bits per heavy atom. The molecule has 0 bridgehead atoms. The van der Waals surface area contributed by atoms with E-state index in [0.717, 1.165) is 4.88 Å². The second kappa shape index (κ2) is 5.61. The summed E-state index contributed by atoms with van der Waals surface area (Å²) in [5.41, 5.74) is 0. The Kier molecular flexibility index (Phi) is 4.52. The van der Waals surface area contributed by atoms with Crippen LogP contribution in [0.15, 0.2) is 0 Å². The van der Waals surface area contributed by atoms with Crippen molar-refractivity contribution in [3.05, 3.63) is 14.5 Å². The quantitative estimate of drug-likeness (QED) is 0.850. The Balaban J connectivity index is 2.20. The van der Waals surface area contributed by atoms with E-state index in [1.54, 1.807) is 0 Å². The standard InChI is InChI=1S/C11H15Cl2NO3S/c1-4-15-5-6-7(17-11(2,3)16-6)8-9(12)14-10(13)18-8/h6-7H,4-5H2,1-3H3/t6-,7+/m0/s1. The van der Waals surface area contributed by atoms with Gasteiger partial charge >= 0.3 is 0 Å². The summed E-state index contributed by atoms with van der Waals surface area (Å²) < 4.78 is 17.5. The lowest BCUT2D eigenvalue weighted by atomic mass is 10.2. The second-order valence-corrected chi connectivity index (χ2v) is 6.35. The fraction of sp³-hybridized carbons (Fsp3) is 0.727. The van der Waals surface area contributed by atoms with Crippen LogP contribution < -0.4 is 0 Å². The molecule has 1 aromatic heterocycles. The van der Waals surface area contributed by atoms with E-state index in [9.17, 15) is 0 Å². The maximum atomic E-state index is 6.06. The zero-order valence-corrected chi connectivity index (χ0v) is 12.7. The van der Waals surface area contributed by atoms with Crippen LogP contribution in [-0.2, 0) is 14.2 Å². The summed E-state index contributed by atoms with van der Waals surface area (Å²) in [6.45, 7) is 6.75. The van der Waals surface area contributed by atoms with Gasteiger partial charge in [0.05, 0.1) is 11.5 Å². The molecule has 0 amide bonds. The number of halogens is 2. The van der Waals surface area contributed by atoms with Crippen molar-refractivity contribution in [2.75, 3.05) is 13.2 Å². The van der Waals surface area contributed by atoms with Crippen molar-refractivity contribution < 1.29 is 14.2 Å². The van der Waals surface area contributed by atoms with Gasteiger partial charge < -0.3 is 14.2 Å². The largest absolute Gasteiger partial charge is 0.379 e. The Morgan fingerprint density at radius 1 is 1.39 bits per heavy atom. The normalized spacial score (nSPS) is 26.7. The van der Waals surface area contributed by atoms with Crippen LogP contribution in [0.1, 0.15) is 31.8 Å². The molecule has 1 fully saturated rings. The van der Waals surface area contributed by atoms with E-state index in [0.29, 0.717) is 22.8 Å². The molecule has 7 heteroatoms. The summed E-state index contributed by atoms with van der Waals surface area (Å²) in [6, 6.07) is 0. The van der Waals surface area contributed by atoms with Crippen molar-refractivity contribution in [3.8, 4) is 0 Å². The SMILES string of the molecule is CCOC[C@@H]1OC(C)(C)O[C@H]1c1sc(Cl)nc1Cl. The number of ether oxygens (including phenoxy) is 3.